The number of amides is 1. The van der Waals surface area contributed by atoms with Crippen LogP contribution in [-0.2, 0) is 14.8 Å². The van der Waals surface area contributed by atoms with Crippen molar-refractivity contribution in [2.75, 3.05) is 41.9 Å². The Morgan fingerprint density at radius 2 is 1.39 bits per heavy atom. The second-order valence-electron chi connectivity index (χ2n) is 10.3. The summed E-state index contributed by atoms with van der Waals surface area (Å²) in [5, 5.41) is 0. The van der Waals surface area contributed by atoms with Crippen LogP contribution in [0.2, 0.25) is 0 Å². The lowest BCUT2D eigenvalue weighted by molar-refractivity contribution is -0.129. The summed E-state index contributed by atoms with van der Waals surface area (Å²) in [4.78, 5) is 17.7. The number of benzene rings is 4. The Kier molecular flexibility index (Phi) is 8.31. The highest BCUT2D eigenvalue weighted by atomic mass is 32.2. The molecule has 0 bridgehead atoms. The fourth-order valence-electron chi connectivity index (χ4n) is 4.96. The lowest BCUT2D eigenvalue weighted by Crippen LogP contribution is -2.52. The number of sulfonamides is 1. The number of aryl methyl sites for hydroxylation is 2. The molecule has 1 heterocycles. The number of carbonyl (C=O) groups excluding carboxylic acids is 1. The van der Waals surface area contributed by atoms with Gasteiger partial charge in [-0.1, -0.05) is 48.0 Å². The van der Waals surface area contributed by atoms with Crippen LogP contribution in [0.4, 0.5) is 11.4 Å². The van der Waals surface area contributed by atoms with Gasteiger partial charge in [-0.15, -0.1) is 0 Å². The van der Waals surface area contributed by atoms with E-state index in [4.69, 9.17) is 4.74 Å². The fourth-order valence-corrected chi connectivity index (χ4v) is 6.37. The van der Waals surface area contributed by atoms with Crippen molar-refractivity contribution in [3.8, 4) is 11.5 Å². The van der Waals surface area contributed by atoms with Gasteiger partial charge >= 0.3 is 0 Å². The average molecular weight is 570 g/mol. The van der Waals surface area contributed by atoms with Crippen molar-refractivity contribution >= 4 is 27.3 Å². The van der Waals surface area contributed by atoms with Crippen LogP contribution in [0.15, 0.2) is 102 Å². The quantitative estimate of drug-likeness (QED) is 0.262. The second kappa shape index (κ2) is 12.1. The van der Waals surface area contributed by atoms with Gasteiger partial charge in [0.05, 0.1) is 10.6 Å². The number of hydrogen-bond acceptors (Lipinski definition) is 5. The third-order valence-corrected chi connectivity index (χ3v) is 9.33. The molecule has 5 rings (SSSR count). The molecular formula is C33H35N3O4S. The molecule has 8 heteroatoms. The number of para-hydroxylation sites is 1. The summed E-state index contributed by atoms with van der Waals surface area (Å²) in [5.74, 6) is 1.02. The molecule has 41 heavy (non-hydrogen) atoms. The van der Waals surface area contributed by atoms with Crippen molar-refractivity contribution in [3.63, 3.8) is 0 Å². The lowest BCUT2D eigenvalue weighted by Gasteiger charge is -2.38. The molecular weight excluding hydrogens is 534 g/mol. The van der Waals surface area contributed by atoms with Crippen LogP contribution in [0.1, 0.15) is 16.7 Å². The number of nitrogens with zero attached hydrogens (tertiary/aromatic N) is 3. The number of piperazine rings is 1. The molecule has 212 valence electrons. The van der Waals surface area contributed by atoms with Gasteiger partial charge in [-0.25, -0.2) is 8.42 Å². The van der Waals surface area contributed by atoms with Crippen LogP contribution in [0.3, 0.4) is 0 Å². The molecule has 1 saturated heterocycles. The summed E-state index contributed by atoms with van der Waals surface area (Å²) < 4.78 is 34.8. The van der Waals surface area contributed by atoms with Gasteiger partial charge in [0.15, 0.2) is 0 Å². The van der Waals surface area contributed by atoms with Crippen molar-refractivity contribution in [2.45, 2.75) is 25.7 Å². The molecule has 0 spiro atoms. The zero-order valence-electron chi connectivity index (χ0n) is 23.7. The Labute approximate surface area is 242 Å². The molecule has 0 unspecified atom stereocenters. The molecule has 4 aromatic carbocycles. The van der Waals surface area contributed by atoms with Crippen molar-refractivity contribution in [1.82, 2.24) is 4.90 Å². The van der Waals surface area contributed by atoms with Gasteiger partial charge < -0.3 is 14.5 Å². The third kappa shape index (κ3) is 6.38. The standard InChI is InChI=1S/C33H35N3O4S/c1-25-12-18-31(19-13-25)41(38,39)36(28-14-16-30(17-15-28)40-29-9-5-4-6-10-29)24-33(37)35-22-20-34(21-23-35)32-11-7-8-26(2)27(32)3/h4-19H,20-24H2,1-3H3. The molecule has 1 aliphatic heterocycles. The molecule has 0 saturated carbocycles. The normalized spacial score (nSPS) is 13.6. The molecule has 0 aliphatic carbocycles. The van der Waals surface area contributed by atoms with Crippen molar-refractivity contribution in [2.24, 2.45) is 0 Å². The highest BCUT2D eigenvalue weighted by molar-refractivity contribution is 7.92. The van der Waals surface area contributed by atoms with Crippen molar-refractivity contribution < 1.29 is 17.9 Å². The van der Waals surface area contributed by atoms with Gasteiger partial charge in [0.25, 0.3) is 10.0 Å². The van der Waals surface area contributed by atoms with Crippen LogP contribution in [0, 0.1) is 20.8 Å². The largest absolute Gasteiger partial charge is 0.457 e. The van der Waals surface area contributed by atoms with Gasteiger partial charge in [0, 0.05) is 31.9 Å². The molecule has 4 aromatic rings. The smallest absolute Gasteiger partial charge is 0.264 e. The predicted octanol–water partition coefficient (Wildman–Crippen LogP) is 5.95. The number of carbonyl (C=O) groups is 1. The number of hydrogen-bond donors (Lipinski definition) is 0. The van der Waals surface area contributed by atoms with E-state index in [2.05, 4.69) is 36.9 Å². The van der Waals surface area contributed by atoms with E-state index in [1.165, 1.54) is 21.1 Å². The monoisotopic (exact) mass is 569 g/mol. The molecule has 1 aliphatic rings. The lowest BCUT2D eigenvalue weighted by atomic mass is 10.1. The number of anilines is 2. The molecule has 1 amide bonds. The summed E-state index contributed by atoms with van der Waals surface area (Å²) in [6.45, 7) is 8.25. The maximum absolute atomic E-state index is 13.9. The topological polar surface area (TPSA) is 70.2 Å². The summed E-state index contributed by atoms with van der Waals surface area (Å²) >= 11 is 0. The second-order valence-corrected chi connectivity index (χ2v) is 12.2. The third-order valence-electron chi connectivity index (χ3n) is 7.54. The van der Waals surface area contributed by atoms with Gasteiger partial charge in [0.2, 0.25) is 5.91 Å². The van der Waals surface area contributed by atoms with E-state index in [0.29, 0.717) is 43.4 Å². The van der Waals surface area contributed by atoms with Crippen LogP contribution < -0.4 is 13.9 Å². The first-order chi connectivity index (χ1) is 19.7. The van der Waals surface area contributed by atoms with Crippen LogP contribution >= 0.6 is 0 Å². The fraction of sp³-hybridized carbons (Fsp3) is 0.242. The van der Waals surface area contributed by atoms with E-state index >= 15 is 0 Å². The Morgan fingerprint density at radius 1 is 0.756 bits per heavy atom. The van der Waals surface area contributed by atoms with Gasteiger partial charge in [-0.05, 0) is 86.5 Å². The highest BCUT2D eigenvalue weighted by Crippen LogP contribution is 2.29. The molecule has 0 aromatic heterocycles. The van der Waals surface area contributed by atoms with Crippen molar-refractivity contribution in [3.05, 3.63) is 114 Å². The Balaban J connectivity index is 1.36. The van der Waals surface area contributed by atoms with E-state index in [1.54, 1.807) is 53.4 Å². The van der Waals surface area contributed by atoms with Crippen LogP contribution in [-0.4, -0.2) is 51.9 Å². The first-order valence-corrected chi connectivity index (χ1v) is 15.2. The summed E-state index contributed by atoms with van der Waals surface area (Å²) in [5.41, 5.74) is 5.00. The Bertz CT molecular complexity index is 1600. The average Bonchev–Trinajstić information content (AvgIpc) is 2.98. The maximum atomic E-state index is 13.9. The molecule has 0 N–H and O–H groups in total. The highest BCUT2D eigenvalue weighted by Gasteiger charge is 2.30. The van der Waals surface area contributed by atoms with Gasteiger partial charge in [-0.2, -0.15) is 0 Å². The van der Waals surface area contributed by atoms with E-state index < -0.39 is 10.0 Å². The summed E-state index contributed by atoms with van der Waals surface area (Å²) in [6, 6.07) is 29.1. The van der Waals surface area contributed by atoms with E-state index in [0.717, 1.165) is 5.56 Å². The molecule has 7 nitrogen and oxygen atoms in total. The minimum absolute atomic E-state index is 0.139. The predicted molar refractivity (Wildman–Crippen MR) is 163 cm³/mol. The molecule has 1 fully saturated rings. The Morgan fingerprint density at radius 3 is 2.05 bits per heavy atom. The van der Waals surface area contributed by atoms with E-state index in [1.807, 2.05) is 37.3 Å². The zero-order chi connectivity index (χ0) is 29.0. The molecule has 0 radical (unpaired) electrons. The number of ether oxygens (including phenoxy) is 1. The van der Waals surface area contributed by atoms with Gasteiger partial charge in [-0.3, -0.25) is 9.10 Å². The van der Waals surface area contributed by atoms with Crippen LogP contribution in [0.25, 0.3) is 0 Å². The minimum atomic E-state index is -4.01. The summed E-state index contributed by atoms with van der Waals surface area (Å²) in [7, 11) is -4.01. The maximum Gasteiger partial charge on any atom is 0.264 e. The van der Waals surface area contributed by atoms with Crippen LogP contribution in [0.5, 0.6) is 11.5 Å². The number of rotatable bonds is 8. The SMILES string of the molecule is Cc1ccc(S(=O)(=O)N(CC(=O)N2CCN(c3cccc(C)c3C)CC2)c2ccc(Oc3ccccc3)cc2)cc1. The van der Waals surface area contributed by atoms with Gasteiger partial charge in [0.1, 0.15) is 18.0 Å². The first-order valence-electron chi connectivity index (χ1n) is 13.7. The van der Waals surface area contributed by atoms with E-state index in [-0.39, 0.29) is 17.3 Å². The summed E-state index contributed by atoms with van der Waals surface area (Å²) in [6.07, 6.45) is 0. The zero-order valence-corrected chi connectivity index (χ0v) is 24.5. The molecule has 0 atom stereocenters. The minimum Gasteiger partial charge on any atom is -0.457 e. The van der Waals surface area contributed by atoms with E-state index in [9.17, 15) is 13.2 Å². The Hall–Kier alpha value is -4.30. The first kappa shape index (κ1) is 28.2. The van der Waals surface area contributed by atoms with Crippen molar-refractivity contribution in [1.29, 1.82) is 0 Å².